The molecule has 0 aliphatic rings. The van der Waals surface area contributed by atoms with Crippen LogP contribution in [0.15, 0.2) is 36.4 Å². The van der Waals surface area contributed by atoms with E-state index in [1.807, 2.05) is 0 Å². The van der Waals surface area contributed by atoms with Crippen molar-refractivity contribution in [3.8, 4) is 5.75 Å². The molecule has 0 aliphatic carbocycles. The number of ether oxygens (including phenoxy) is 1. The van der Waals surface area contributed by atoms with E-state index in [-0.39, 0.29) is 18.2 Å². The predicted molar refractivity (Wildman–Crippen MR) is 87.0 cm³/mol. The Morgan fingerprint density at radius 3 is 1.87 bits per heavy atom. The molecule has 164 valence electrons. The topological polar surface area (TPSA) is 38.3 Å². The minimum atomic E-state index is -5.14. The number of para-hydroxylation sites is 1. The molecule has 0 aromatic heterocycles. The van der Waals surface area contributed by atoms with Crippen molar-refractivity contribution in [2.75, 3.05) is 11.9 Å². The number of alkyl halides is 9. The quantitative estimate of drug-likeness (QED) is 0.530. The number of nitrogens with one attached hydrogen (secondary N) is 1. The summed E-state index contributed by atoms with van der Waals surface area (Å²) in [5.74, 6) is -2.25. The summed E-state index contributed by atoms with van der Waals surface area (Å²) < 4.78 is 120. The Morgan fingerprint density at radius 1 is 0.867 bits per heavy atom. The van der Waals surface area contributed by atoms with Crippen LogP contribution >= 0.6 is 11.6 Å². The minimum absolute atomic E-state index is 0.147. The van der Waals surface area contributed by atoms with Gasteiger partial charge >= 0.3 is 18.5 Å². The van der Waals surface area contributed by atoms with Gasteiger partial charge in [0.1, 0.15) is 5.75 Å². The van der Waals surface area contributed by atoms with Crippen molar-refractivity contribution < 1.29 is 49.0 Å². The van der Waals surface area contributed by atoms with Gasteiger partial charge in [0.25, 0.3) is 5.91 Å². The number of halogens is 10. The third kappa shape index (κ3) is 5.94. The van der Waals surface area contributed by atoms with Crippen LogP contribution in [-0.4, -0.2) is 12.5 Å². The molecule has 0 spiro atoms. The molecule has 0 heterocycles. The summed E-state index contributed by atoms with van der Waals surface area (Å²) in [5.41, 5.74) is -5.50. The lowest BCUT2D eigenvalue weighted by Crippen LogP contribution is -2.23. The fourth-order valence-electron chi connectivity index (χ4n) is 2.22. The molecule has 0 atom stereocenters. The highest BCUT2D eigenvalue weighted by molar-refractivity contribution is 6.34. The van der Waals surface area contributed by atoms with Gasteiger partial charge in [-0.2, -0.15) is 39.5 Å². The molecule has 3 nitrogen and oxygen atoms in total. The Labute approximate surface area is 167 Å². The summed E-state index contributed by atoms with van der Waals surface area (Å²) >= 11 is 5.63. The normalized spacial score (nSPS) is 12.6. The van der Waals surface area contributed by atoms with E-state index >= 15 is 0 Å². The Hall–Kier alpha value is -2.63. The fourth-order valence-corrected chi connectivity index (χ4v) is 2.44. The van der Waals surface area contributed by atoms with E-state index in [0.717, 1.165) is 12.1 Å². The molecule has 1 N–H and O–H groups in total. The fraction of sp³-hybridized carbons (Fsp3) is 0.235. The summed E-state index contributed by atoms with van der Waals surface area (Å²) in [5, 5.41) is 1.30. The lowest BCUT2D eigenvalue weighted by Gasteiger charge is -2.16. The van der Waals surface area contributed by atoms with E-state index in [4.69, 9.17) is 11.6 Å². The van der Waals surface area contributed by atoms with Crippen molar-refractivity contribution in [3.05, 3.63) is 58.1 Å². The van der Waals surface area contributed by atoms with Crippen molar-refractivity contribution >= 4 is 23.2 Å². The number of hydrogen-bond acceptors (Lipinski definition) is 2. The second-order valence-electron chi connectivity index (χ2n) is 5.74. The molecule has 0 saturated heterocycles. The average molecular weight is 466 g/mol. The maximum absolute atomic E-state index is 13.0. The van der Waals surface area contributed by atoms with Gasteiger partial charge in [-0.15, -0.1) is 0 Å². The standard InChI is InChI=1S/C17H9ClF9NO2/c18-12-3-1-2-11(17(25,26)27)14(12)28-13(29)7-30-10-5-8(15(19,20)21)4-9(6-10)16(22,23)24/h1-6H,7H2,(H,28,29). The number of anilines is 1. The maximum Gasteiger partial charge on any atom is 0.418 e. The van der Waals surface area contributed by atoms with E-state index in [2.05, 4.69) is 4.74 Å². The smallest absolute Gasteiger partial charge is 0.418 e. The summed E-state index contributed by atoms with van der Waals surface area (Å²) in [7, 11) is 0. The first kappa shape index (κ1) is 23.6. The highest BCUT2D eigenvalue weighted by Crippen LogP contribution is 2.39. The lowest BCUT2D eigenvalue weighted by molar-refractivity contribution is -0.143. The summed E-state index contributed by atoms with van der Waals surface area (Å²) in [4.78, 5) is 11.9. The van der Waals surface area contributed by atoms with Crippen molar-refractivity contribution in [2.24, 2.45) is 0 Å². The van der Waals surface area contributed by atoms with E-state index < -0.39 is 64.2 Å². The first-order chi connectivity index (χ1) is 13.6. The van der Waals surface area contributed by atoms with Crippen LogP contribution in [0.25, 0.3) is 0 Å². The van der Waals surface area contributed by atoms with Crippen LogP contribution in [0.4, 0.5) is 45.2 Å². The first-order valence-electron chi connectivity index (χ1n) is 7.67. The second-order valence-corrected chi connectivity index (χ2v) is 6.15. The lowest BCUT2D eigenvalue weighted by atomic mass is 10.1. The number of benzene rings is 2. The first-order valence-corrected chi connectivity index (χ1v) is 8.04. The molecule has 1 amide bonds. The zero-order valence-electron chi connectivity index (χ0n) is 14.3. The molecule has 2 aromatic rings. The third-order valence-electron chi connectivity index (χ3n) is 3.51. The van der Waals surface area contributed by atoms with Gasteiger partial charge in [-0.1, -0.05) is 17.7 Å². The highest BCUT2D eigenvalue weighted by Gasteiger charge is 2.37. The molecule has 0 radical (unpaired) electrons. The number of amides is 1. The number of carbonyl (C=O) groups is 1. The maximum atomic E-state index is 13.0. The van der Waals surface area contributed by atoms with Gasteiger partial charge in [0.2, 0.25) is 0 Å². The molecular weight excluding hydrogens is 457 g/mol. The molecule has 2 rings (SSSR count). The third-order valence-corrected chi connectivity index (χ3v) is 3.83. The number of hydrogen-bond donors (Lipinski definition) is 1. The van der Waals surface area contributed by atoms with Gasteiger partial charge in [0.15, 0.2) is 6.61 Å². The number of rotatable bonds is 4. The molecule has 13 heteroatoms. The monoisotopic (exact) mass is 465 g/mol. The molecule has 0 bridgehead atoms. The van der Waals surface area contributed by atoms with Gasteiger partial charge in [-0.05, 0) is 30.3 Å². The van der Waals surface area contributed by atoms with Crippen molar-refractivity contribution in [3.63, 3.8) is 0 Å². The molecule has 0 saturated carbocycles. The Balaban J connectivity index is 2.24. The molecular formula is C17H9ClF9NO2. The van der Waals surface area contributed by atoms with Crippen LogP contribution < -0.4 is 10.1 Å². The number of carbonyl (C=O) groups excluding carboxylic acids is 1. The van der Waals surface area contributed by atoms with Crippen molar-refractivity contribution in [1.29, 1.82) is 0 Å². The zero-order valence-corrected chi connectivity index (χ0v) is 15.0. The van der Waals surface area contributed by atoms with Crippen molar-refractivity contribution in [2.45, 2.75) is 18.5 Å². The molecule has 0 unspecified atom stereocenters. The summed E-state index contributed by atoms with van der Waals surface area (Å²) in [6.07, 6.45) is -15.2. The second kappa shape index (κ2) is 8.25. The Morgan fingerprint density at radius 2 is 1.40 bits per heavy atom. The van der Waals surface area contributed by atoms with Crippen molar-refractivity contribution in [1.82, 2.24) is 0 Å². The minimum Gasteiger partial charge on any atom is -0.484 e. The van der Waals surface area contributed by atoms with Crippen LogP contribution in [0.2, 0.25) is 5.02 Å². The molecule has 30 heavy (non-hydrogen) atoms. The highest BCUT2D eigenvalue weighted by atomic mass is 35.5. The van der Waals surface area contributed by atoms with E-state index in [0.29, 0.717) is 6.07 Å². The predicted octanol–water partition coefficient (Wildman–Crippen LogP) is 6.41. The van der Waals surface area contributed by atoms with E-state index in [9.17, 15) is 44.3 Å². The summed E-state index contributed by atoms with van der Waals surface area (Å²) in [6.45, 7) is -1.18. The van der Waals surface area contributed by atoms with Crippen LogP contribution in [0, 0.1) is 0 Å². The van der Waals surface area contributed by atoms with E-state index in [1.165, 1.54) is 0 Å². The largest absolute Gasteiger partial charge is 0.484 e. The zero-order chi connectivity index (χ0) is 22.9. The van der Waals surface area contributed by atoms with E-state index in [1.54, 1.807) is 5.32 Å². The van der Waals surface area contributed by atoms with Gasteiger partial charge < -0.3 is 10.1 Å². The van der Waals surface area contributed by atoms with Crippen LogP contribution in [0.1, 0.15) is 16.7 Å². The van der Waals surface area contributed by atoms with Gasteiger partial charge in [0, 0.05) is 0 Å². The van der Waals surface area contributed by atoms with Gasteiger partial charge in [0.05, 0.1) is 27.4 Å². The Kier molecular flexibility index (Phi) is 6.50. The van der Waals surface area contributed by atoms with Gasteiger partial charge in [-0.25, -0.2) is 0 Å². The molecule has 0 fully saturated rings. The van der Waals surface area contributed by atoms with Crippen LogP contribution in [-0.2, 0) is 23.3 Å². The van der Waals surface area contributed by atoms with Crippen LogP contribution in [0.3, 0.4) is 0 Å². The van der Waals surface area contributed by atoms with Crippen LogP contribution in [0.5, 0.6) is 5.75 Å². The SMILES string of the molecule is O=C(COc1cc(C(F)(F)F)cc(C(F)(F)F)c1)Nc1c(Cl)cccc1C(F)(F)F. The molecule has 2 aromatic carbocycles. The summed E-state index contributed by atoms with van der Waals surface area (Å²) in [6, 6.07) is 2.92. The Bertz CT molecular complexity index is 904. The molecule has 0 aliphatic heterocycles. The average Bonchev–Trinajstić information content (AvgIpc) is 2.59. The van der Waals surface area contributed by atoms with Gasteiger partial charge in [-0.3, -0.25) is 4.79 Å².